The van der Waals surface area contributed by atoms with E-state index >= 15 is 0 Å². The summed E-state index contributed by atoms with van der Waals surface area (Å²) in [4.78, 5) is 0. The van der Waals surface area contributed by atoms with Crippen LogP contribution in [-0.2, 0) is 0 Å². The monoisotopic (exact) mass is 240 g/mol. The fraction of sp³-hybridized carbons (Fsp3) is 0.857. The average molecular weight is 240 g/mol. The van der Waals surface area contributed by atoms with E-state index in [0.717, 1.165) is 18.9 Å². The van der Waals surface area contributed by atoms with Crippen LogP contribution in [0, 0.1) is 5.41 Å². The minimum Gasteiger partial charge on any atom is -0.385 e. The molecule has 0 radical (unpaired) electrons. The summed E-state index contributed by atoms with van der Waals surface area (Å²) in [5.41, 5.74) is 2.10. The smallest absolute Gasteiger partial charge is 0.0884 e. The van der Waals surface area contributed by atoms with E-state index < -0.39 is 13.7 Å². The van der Waals surface area contributed by atoms with Gasteiger partial charge in [0.1, 0.15) is 0 Å². The van der Waals surface area contributed by atoms with Crippen LogP contribution in [-0.4, -0.2) is 18.8 Å². The van der Waals surface area contributed by atoms with E-state index in [1.54, 1.807) is 0 Å². The topological polar surface area (TPSA) is 20.2 Å². The van der Waals surface area contributed by atoms with Crippen LogP contribution in [0.5, 0.6) is 0 Å². The van der Waals surface area contributed by atoms with E-state index in [1.807, 2.05) is 0 Å². The number of rotatable bonds is 2. The van der Waals surface area contributed by atoms with Crippen LogP contribution in [0.1, 0.15) is 40.5 Å². The van der Waals surface area contributed by atoms with Crippen LogP contribution in [0.25, 0.3) is 0 Å². The van der Waals surface area contributed by atoms with Gasteiger partial charge in [-0.25, -0.2) is 0 Å². The van der Waals surface area contributed by atoms with Gasteiger partial charge in [-0.3, -0.25) is 0 Å². The van der Waals surface area contributed by atoms with Gasteiger partial charge in [0.2, 0.25) is 0 Å². The zero-order valence-corrected chi connectivity index (χ0v) is 13.1. The summed E-state index contributed by atoms with van der Waals surface area (Å²) >= 11 is 0. The van der Waals surface area contributed by atoms with Gasteiger partial charge in [-0.2, -0.15) is 0 Å². The third kappa shape index (κ3) is 2.43. The lowest BCUT2D eigenvalue weighted by Gasteiger charge is -2.50. The lowest BCUT2D eigenvalue weighted by molar-refractivity contribution is -0.0322. The minimum atomic E-state index is -1.26. The number of aliphatic hydroxyl groups is 1. The van der Waals surface area contributed by atoms with E-state index in [0.29, 0.717) is 0 Å². The van der Waals surface area contributed by atoms with Crippen molar-refractivity contribution in [2.45, 2.75) is 71.8 Å². The van der Waals surface area contributed by atoms with Gasteiger partial charge in [-0.1, -0.05) is 39.1 Å². The van der Waals surface area contributed by atoms with E-state index in [1.165, 1.54) is 11.1 Å². The second kappa shape index (κ2) is 3.99. The molecule has 94 valence electrons. The van der Waals surface area contributed by atoms with Gasteiger partial charge >= 0.3 is 0 Å². The van der Waals surface area contributed by atoms with Crippen molar-refractivity contribution in [1.82, 2.24) is 0 Å². The molecule has 0 aliphatic heterocycles. The van der Waals surface area contributed by atoms with Crippen LogP contribution in [0.3, 0.4) is 0 Å². The molecule has 1 atom stereocenters. The molecule has 1 aliphatic carbocycles. The highest BCUT2D eigenvalue weighted by molar-refractivity contribution is 6.76. The highest BCUT2D eigenvalue weighted by atomic mass is 28.3. The van der Waals surface area contributed by atoms with Crippen LogP contribution in [0.4, 0.5) is 0 Å². The van der Waals surface area contributed by atoms with Crippen LogP contribution in [0.2, 0.25) is 25.7 Å². The molecule has 0 heterocycles. The van der Waals surface area contributed by atoms with Crippen molar-refractivity contribution in [1.29, 1.82) is 0 Å². The van der Waals surface area contributed by atoms with Gasteiger partial charge in [-0.05, 0) is 43.7 Å². The molecule has 0 bridgehead atoms. The van der Waals surface area contributed by atoms with Gasteiger partial charge < -0.3 is 5.11 Å². The number of allylic oxidation sites excluding steroid dienone is 1. The molecule has 1 unspecified atom stereocenters. The SMILES string of the molecule is CC1=C(C)C(O)(C[Si](C)(C)C)C(C)(C)CC1. The highest BCUT2D eigenvalue weighted by Gasteiger charge is 2.49. The molecule has 0 aromatic carbocycles. The summed E-state index contributed by atoms with van der Waals surface area (Å²) in [6.07, 6.45) is 2.25. The van der Waals surface area contributed by atoms with Gasteiger partial charge in [0.25, 0.3) is 0 Å². The molecule has 1 N–H and O–H groups in total. The Morgan fingerprint density at radius 3 is 2.12 bits per heavy atom. The van der Waals surface area contributed by atoms with E-state index in [2.05, 4.69) is 47.3 Å². The molecule has 1 nitrogen and oxygen atoms in total. The standard InChI is InChI=1S/C14H28OSi/c1-11-8-9-13(3,4)14(15,12(11)2)10-16(5,6)7/h15H,8-10H2,1-7H3. The van der Waals surface area contributed by atoms with Gasteiger partial charge in [0, 0.05) is 8.07 Å². The van der Waals surface area contributed by atoms with Gasteiger partial charge in [0.15, 0.2) is 0 Å². The lowest BCUT2D eigenvalue weighted by atomic mass is 9.64. The maximum absolute atomic E-state index is 11.2. The third-order valence-corrected chi connectivity index (χ3v) is 5.86. The first-order valence-electron chi connectivity index (χ1n) is 6.39. The minimum absolute atomic E-state index is 0.0247. The Morgan fingerprint density at radius 2 is 1.69 bits per heavy atom. The fourth-order valence-electron chi connectivity index (χ4n) is 2.89. The molecule has 2 heteroatoms. The van der Waals surface area contributed by atoms with Gasteiger partial charge in [-0.15, -0.1) is 0 Å². The van der Waals surface area contributed by atoms with Crippen molar-refractivity contribution in [3.8, 4) is 0 Å². The van der Waals surface area contributed by atoms with E-state index in [4.69, 9.17) is 0 Å². The Bertz CT molecular complexity index is 309. The van der Waals surface area contributed by atoms with E-state index in [-0.39, 0.29) is 5.41 Å². The van der Waals surface area contributed by atoms with Crippen molar-refractivity contribution in [2.24, 2.45) is 5.41 Å². The third-order valence-electron chi connectivity index (χ3n) is 4.29. The Labute approximate surface area is 102 Å². The zero-order chi connectivity index (χ0) is 12.8. The quantitative estimate of drug-likeness (QED) is 0.566. The molecule has 16 heavy (non-hydrogen) atoms. The Kier molecular flexibility index (Phi) is 3.48. The predicted octanol–water partition coefficient (Wildman–Crippen LogP) is 4.21. The summed E-state index contributed by atoms with van der Waals surface area (Å²) in [6.45, 7) is 15.8. The summed E-state index contributed by atoms with van der Waals surface area (Å²) in [6, 6.07) is 0.982. The summed E-state index contributed by atoms with van der Waals surface area (Å²) < 4.78 is 0. The van der Waals surface area contributed by atoms with E-state index in [9.17, 15) is 5.11 Å². The molecule has 0 aromatic heterocycles. The van der Waals surface area contributed by atoms with Crippen molar-refractivity contribution in [3.63, 3.8) is 0 Å². The lowest BCUT2D eigenvalue weighted by Crippen LogP contribution is -2.52. The Balaban J connectivity index is 3.18. The zero-order valence-electron chi connectivity index (χ0n) is 12.1. The first-order chi connectivity index (χ1) is 7.00. The first kappa shape index (κ1) is 14.0. The second-order valence-corrected chi connectivity index (χ2v) is 12.9. The number of hydrogen-bond acceptors (Lipinski definition) is 1. The second-order valence-electron chi connectivity index (χ2n) is 7.39. The summed E-state index contributed by atoms with van der Waals surface area (Å²) in [5, 5.41) is 11.2. The molecular formula is C14H28OSi. The average Bonchev–Trinajstić information content (AvgIpc) is 2.07. The molecule has 0 amide bonds. The number of hydrogen-bond donors (Lipinski definition) is 1. The molecule has 1 aliphatic rings. The summed E-state index contributed by atoms with van der Waals surface area (Å²) in [5.74, 6) is 0. The maximum atomic E-state index is 11.2. The summed E-state index contributed by atoms with van der Waals surface area (Å²) in [7, 11) is -1.26. The molecule has 0 saturated carbocycles. The molecule has 0 fully saturated rings. The largest absolute Gasteiger partial charge is 0.385 e. The van der Waals surface area contributed by atoms with Crippen molar-refractivity contribution >= 4 is 8.07 Å². The predicted molar refractivity (Wildman–Crippen MR) is 74.5 cm³/mol. The van der Waals surface area contributed by atoms with Gasteiger partial charge in [0.05, 0.1) is 5.60 Å². The Morgan fingerprint density at radius 1 is 1.19 bits per heavy atom. The van der Waals surface area contributed by atoms with Crippen LogP contribution < -0.4 is 0 Å². The molecule has 1 rings (SSSR count). The molecular weight excluding hydrogens is 212 g/mol. The van der Waals surface area contributed by atoms with Crippen LogP contribution in [0.15, 0.2) is 11.1 Å². The maximum Gasteiger partial charge on any atom is 0.0884 e. The molecule has 0 aromatic rings. The first-order valence-corrected chi connectivity index (χ1v) is 10.1. The molecule has 0 saturated heterocycles. The van der Waals surface area contributed by atoms with Crippen molar-refractivity contribution in [2.75, 3.05) is 0 Å². The fourth-order valence-corrected chi connectivity index (χ4v) is 5.17. The Hall–Kier alpha value is -0.0831. The van der Waals surface area contributed by atoms with Crippen molar-refractivity contribution < 1.29 is 5.11 Å². The van der Waals surface area contributed by atoms with Crippen molar-refractivity contribution in [3.05, 3.63) is 11.1 Å². The molecule has 0 spiro atoms. The normalized spacial score (nSPS) is 30.8. The highest BCUT2D eigenvalue weighted by Crippen LogP contribution is 2.50. The van der Waals surface area contributed by atoms with Crippen LogP contribution >= 0.6 is 0 Å².